The van der Waals surface area contributed by atoms with Gasteiger partial charge in [-0.2, -0.15) is 0 Å². The first kappa shape index (κ1) is 18.8. The minimum Gasteiger partial charge on any atom is -0.326 e. The maximum absolute atomic E-state index is 13.4. The largest absolute Gasteiger partial charge is 0.326 e. The van der Waals surface area contributed by atoms with Crippen LogP contribution in [0.3, 0.4) is 0 Å². The number of carbonyl (C=O) groups is 3. The standard InChI is InChI=1S/C25H21NO3/c1-2-17-12-14-19(15-13-17)26-22(27)16-25(18-8-4-3-5-9-18)23(28)20-10-6-7-11-21(20)24(25)29/h3-15H,2,16H2,1H3,(H,26,27). The normalized spacial score (nSPS) is 14.5. The van der Waals surface area contributed by atoms with Crippen LogP contribution in [0.2, 0.25) is 0 Å². The zero-order valence-corrected chi connectivity index (χ0v) is 16.1. The molecule has 0 atom stereocenters. The number of nitrogens with one attached hydrogen (secondary N) is 1. The second-order valence-corrected chi connectivity index (χ2v) is 7.25. The Hall–Kier alpha value is -3.53. The van der Waals surface area contributed by atoms with E-state index in [1.165, 1.54) is 5.56 Å². The molecule has 3 aromatic rings. The number of hydrogen-bond donors (Lipinski definition) is 1. The molecule has 3 aromatic carbocycles. The van der Waals surface area contributed by atoms with Crippen molar-refractivity contribution in [2.75, 3.05) is 5.32 Å². The molecule has 1 aliphatic rings. The fraction of sp³-hybridized carbons (Fsp3) is 0.160. The van der Waals surface area contributed by atoms with Crippen LogP contribution in [0.5, 0.6) is 0 Å². The van der Waals surface area contributed by atoms with Crippen LogP contribution >= 0.6 is 0 Å². The average molecular weight is 383 g/mol. The summed E-state index contributed by atoms with van der Waals surface area (Å²) in [5.74, 6) is -1.01. The Morgan fingerprint density at radius 3 is 1.90 bits per heavy atom. The van der Waals surface area contributed by atoms with Crippen molar-refractivity contribution in [2.45, 2.75) is 25.2 Å². The molecule has 0 fully saturated rings. The van der Waals surface area contributed by atoms with E-state index in [1.54, 1.807) is 48.5 Å². The van der Waals surface area contributed by atoms with Crippen molar-refractivity contribution in [2.24, 2.45) is 0 Å². The molecule has 0 saturated carbocycles. The van der Waals surface area contributed by atoms with Gasteiger partial charge >= 0.3 is 0 Å². The second-order valence-electron chi connectivity index (χ2n) is 7.25. The molecule has 0 spiro atoms. The SMILES string of the molecule is CCc1ccc(NC(=O)CC2(c3ccccc3)C(=O)c3ccccc3C2=O)cc1. The number of fused-ring (bicyclic) bond motifs is 1. The first-order valence-corrected chi connectivity index (χ1v) is 9.69. The van der Waals surface area contributed by atoms with E-state index in [1.807, 2.05) is 30.3 Å². The summed E-state index contributed by atoms with van der Waals surface area (Å²) in [5, 5.41) is 2.84. The Bertz CT molecular complexity index is 1050. The van der Waals surface area contributed by atoms with Crippen LogP contribution in [0.4, 0.5) is 5.69 Å². The molecule has 29 heavy (non-hydrogen) atoms. The molecule has 0 aromatic heterocycles. The van der Waals surface area contributed by atoms with Crippen molar-refractivity contribution in [1.29, 1.82) is 0 Å². The van der Waals surface area contributed by atoms with Crippen LogP contribution in [0, 0.1) is 0 Å². The van der Waals surface area contributed by atoms with Crippen molar-refractivity contribution >= 4 is 23.2 Å². The van der Waals surface area contributed by atoms with Gasteiger partial charge in [0.25, 0.3) is 0 Å². The summed E-state index contributed by atoms with van der Waals surface area (Å²) in [5.41, 5.74) is 1.58. The van der Waals surface area contributed by atoms with Gasteiger partial charge in [-0.05, 0) is 29.7 Å². The van der Waals surface area contributed by atoms with Crippen LogP contribution in [0.15, 0.2) is 78.9 Å². The first-order chi connectivity index (χ1) is 14.1. The number of carbonyl (C=O) groups excluding carboxylic acids is 3. The number of amides is 1. The molecular formula is C25H21NO3. The summed E-state index contributed by atoms with van der Waals surface area (Å²) in [7, 11) is 0. The van der Waals surface area contributed by atoms with Crippen molar-refractivity contribution in [3.05, 3.63) is 101 Å². The number of hydrogen-bond acceptors (Lipinski definition) is 3. The van der Waals surface area contributed by atoms with E-state index < -0.39 is 5.41 Å². The van der Waals surface area contributed by atoms with Gasteiger partial charge in [0, 0.05) is 16.8 Å². The van der Waals surface area contributed by atoms with Crippen molar-refractivity contribution in [3.63, 3.8) is 0 Å². The van der Waals surface area contributed by atoms with Crippen molar-refractivity contribution < 1.29 is 14.4 Å². The molecule has 0 saturated heterocycles. The highest BCUT2D eigenvalue weighted by molar-refractivity contribution is 6.34. The Morgan fingerprint density at radius 1 is 0.793 bits per heavy atom. The molecule has 1 N–H and O–H groups in total. The molecule has 1 aliphatic carbocycles. The van der Waals surface area contributed by atoms with E-state index in [0.29, 0.717) is 22.4 Å². The third kappa shape index (κ3) is 3.17. The average Bonchev–Trinajstić information content (AvgIpc) is 2.98. The molecular weight excluding hydrogens is 362 g/mol. The van der Waals surface area contributed by atoms with E-state index in [4.69, 9.17) is 0 Å². The number of aryl methyl sites for hydroxylation is 1. The molecule has 0 radical (unpaired) electrons. The lowest BCUT2D eigenvalue weighted by molar-refractivity contribution is -0.116. The molecule has 0 bridgehead atoms. The minimum absolute atomic E-state index is 0.237. The molecule has 144 valence electrons. The van der Waals surface area contributed by atoms with Gasteiger partial charge in [0.1, 0.15) is 5.41 Å². The highest BCUT2D eigenvalue weighted by Gasteiger charge is 2.55. The maximum Gasteiger partial charge on any atom is 0.226 e. The number of anilines is 1. The third-order valence-electron chi connectivity index (χ3n) is 5.53. The van der Waals surface area contributed by atoms with E-state index in [9.17, 15) is 14.4 Å². The monoisotopic (exact) mass is 383 g/mol. The van der Waals surface area contributed by atoms with Gasteiger partial charge in [-0.25, -0.2) is 0 Å². The summed E-state index contributed by atoms with van der Waals surface area (Å²) in [6, 6.07) is 23.2. The summed E-state index contributed by atoms with van der Waals surface area (Å²) >= 11 is 0. The van der Waals surface area contributed by atoms with Gasteiger partial charge in [-0.3, -0.25) is 14.4 Å². The molecule has 4 heteroatoms. The van der Waals surface area contributed by atoms with Crippen LogP contribution in [0.25, 0.3) is 0 Å². The summed E-state index contributed by atoms with van der Waals surface area (Å²) in [4.78, 5) is 39.7. The molecule has 4 nitrogen and oxygen atoms in total. The highest BCUT2D eigenvalue weighted by atomic mass is 16.2. The van der Waals surface area contributed by atoms with E-state index in [0.717, 1.165) is 6.42 Å². The first-order valence-electron chi connectivity index (χ1n) is 9.69. The van der Waals surface area contributed by atoms with Gasteiger partial charge in [0.15, 0.2) is 11.6 Å². The van der Waals surface area contributed by atoms with Gasteiger partial charge in [0.05, 0.1) is 6.42 Å². The smallest absolute Gasteiger partial charge is 0.226 e. The molecule has 0 heterocycles. The van der Waals surface area contributed by atoms with Crippen LogP contribution in [-0.2, 0) is 16.6 Å². The lowest BCUT2D eigenvalue weighted by atomic mass is 9.73. The topological polar surface area (TPSA) is 63.2 Å². The Morgan fingerprint density at radius 2 is 1.34 bits per heavy atom. The predicted octanol–water partition coefficient (Wildman–Crippen LogP) is 4.59. The summed E-state index contributed by atoms with van der Waals surface area (Å²) < 4.78 is 0. The summed E-state index contributed by atoms with van der Waals surface area (Å²) in [6.07, 6.45) is 0.672. The highest BCUT2D eigenvalue weighted by Crippen LogP contribution is 2.42. The van der Waals surface area contributed by atoms with Crippen molar-refractivity contribution in [1.82, 2.24) is 0 Å². The lowest BCUT2D eigenvalue weighted by Gasteiger charge is -2.26. The molecule has 4 rings (SSSR count). The van der Waals surface area contributed by atoms with Gasteiger partial charge in [-0.1, -0.05) is 73.7 Å². The Labute approximate surface area is 169 Å². The van der Waals surface area contributed by atoms with Crippen LogP contribution in [0.1, 0.15) is 45.2 Å². The minimum atomic E-state index is -1.53. The maximum atomic E-state index is 13.4. The Kier molecular flexibility index (Phi) is 4.85. The zero-order chi connectivity index (χ0) is 20.4. The Balaban J connectivity index is 1.70. The number of Topliss-reactive ketones (excluding diaryl/α,β-unsaturated/α-hetero) is 2. The lowest BCUT2D eigenvalue weighted by Crippen LogP contribution is -2.41. The zero-order valence-electron chi connectivity index (χ0n) is 16.1. The molecule has 0 unspecified atom stereocenters. The van der Waals surface area contributed by atoms with E-state index >= 15 is 0 Å². The third-order valence-corrected chi connectivity index (χ3v) is 5.53. The van der Waals surface area contributed by atoms with Crippen molar-refractivity contribution in [3.8, 4) is 0 Å². The number of ketones is 2. The molecule has 1 amide bonds. The van der Waals surface area contributed by atoms with E-state index in [2.05, 4.69) is 12.2 Å². The van der Waals surface area contributed by atoms with Gasteiger partial charge in [-0.15, -0.1) is 0 Å². The molecule has 0 aliphatic heterocycles. The van der Waals surface area contributed by atoms with E-state index in [-0.39, 0.29) is 23.9 Å². The van der Waals surface area contributed by atoms with Crippen LogP contribution in [-0.4, -0.2) is 17.5 Å². The van der Waals surface area contributed by atoms with Crippen LogP contribution < -0.4 is 5.32 Å². The summed E-state index contributed by atoms with van der Waals surface area (Å²) in [6.45, 7) is 2.06. The van der Waals surface area contributed by atoms with Gasteiger partial charge < -0.3 is 5.32 Å². The predicted molar refractivity (Wildman–Crippen MR) is 112 cm³/mol. The second kappa shape index (κ2) is 7.47. The number of rotatable bonds is 5. The number of benzene rings is 3. The van der Waals surface area contributed by atoms with Gasteiger partial charge in [0.2, 0.25) is 5.91 Å². The fourth-order valence-electron chi connectivity index (χ4n) is 3.96. The quantitative estimate of drug-likeness (QED) is 0.655. The fourth-order valence-corrected chi connectivity index (χ4v) is 3.96.